The van der Waals surface area contributed by atoms with Crippen LogP contribution in [-0.2, 0) is 11.3 Å². The predicted octanol–water partition coefficient (Wildman–Crippen LogP) is 4.98. The topological polar surface area (TPSA) is 84.0 Å². The highest BCUT2D eigenvalue weighted by Crippen LogP contribution is 2.28. The summed E-state index contributed by atoms with van der Waals surface area (Å²) in [6.45, 7) is 6.70. The molecule has 0 aliphatic heterocycles. The Hall–Kier alpha value is -3.25. The zero-order valence-electron chi connectivity index (χ0n) is 17.4. The molecule has 0 saturated carbocycles. The Bertz CT molecular complexity index is 1200. The van der Waals surface area contributed by atoms with E-state index in [9.17, 15) is 18.8 Å². The van der Waals surface area contributed by atoms with Gasteiger partial charge in [-0.15, -0.1) is 0 Å². The van der Waals surface area contributed by atoms with Crippen LogP contribution in [0.3, 0.4) is 0 Å². The number of hydrogen-bond acceptors (Lipinski definition) is 5. The van der Waals surface area contributed by atoms with E-state index < -0.39 is 23.3 Å². The Morgan fingerprint density at radius 2 is 2.00 bits per heavy atom. The normalized spacial score (nSPS) is 11.4. The minimum atomic E-state index is -1.06. The molecule has 1 aromatic carbocycles. The lowest BCUT2D eigenvalue weighted by Crippen LogP contribution is -2.39. The van der Waals surface area contributed by atoms with Crippen molar-refractivity contribution in [1.82, 2.24) is 14.5 Å². The second kappa shape index (κ2) is 8.47. The summed E-state index contributed by atoms with van der Waals surface area (Å²) in [6, 6.07) is 5.95. The van der Waals surface area contributed by atoms with Gasteiger partial charge < -0.3 is 9.30 Å². The molecule has 10 heteroatoms. The van der Waals surface area contributed by atoms with Crippen LogP contribution in [0.1, 0.15) is 32.0 Å². The first-order valence-electron chi connectivity index (χ1n) is 9.38. The number of ether oxygens (including phenoxy) is 1. The van der Waals surface area contributed by atoms with Crippen molar-refractivity contribution in [3.63, 3.8) is 0 Å². The molecule has 0 radical (unpaired) electrons. The number of halogens is 3. The molecule has 2 aromatic heterocycles. The Kier molecular flexibility index (Phi) is 6.13. The highest BCUT2D eigenvalue weighted by Gasteiger charge is 2.26. The molecule has 0 bridgehead atoms. The first kappa shape index (κ1) is 22.4. The maximum Gasteiger partial charge on any atom is 0.416 e. The monoisotopic (exact) mass is 447 g/mol. The van der Waals surface area contributed by atoms with Gasteiger partial charge in [0, 0.05) is 24.5 Å². The number of benzene rings is 1. The fourth-order valence-electron chi connectivity index (χ4n) is 3.14. The van der Waals surface area contributed by atoms with E-state index in [1.807, 2.05) is 6.07 Å². The number of nitriles is 1. The molecule has 1 amide bonds. The standard InChI is InChI=1S/C21H20ClF2N5O2/c1-12-7-15(23)18(24)19-14(12)8-13(10-25)28(19)5-6-29(20(30)31-21(2,3)4)17-9-16(22)26-11-27-17/h7-9,11H,5-6H2,1-4H3. The van der Waals surface area contributed by atoms with Gasteiger partial charge in [0.2, 0.25) is 0 Å². The average molecular weight is 448 g/mol. The zero-order valence-corrected chi connectivity index (χ0v) is 18.2. The molecule has 2 heterocycles. The quantitative estimate of drug-likeness (QED) is 0.526. The highest BCUT2D eigenvalue weighted by molar-refractivity contribution is 6.29. The van der Waals surface area contributed by atoms with Gasteiger partial charge in [-0.25, -0.2) is 23.5 Å². The van der Waals surface area contributed by atoms with Crippen LogP contribution in [-0.4, -0.2) is 32.8 Å². The number of anilines is 1. The Morgan fingerprint density at radius 1 is 1.29 bits per heavy atom. The van der Waals surface area contributed by atoms with E-state index in [1.165, 1.54) is 27.9 Å². The van der Waals surface area contributed by atoms with E-state index in [2.05, 4.69) is 9.97 Å². The number of amides is 1. The summed E-state index contributed by atoms with van der Waals surface area (Å²) < 4.78 is 35.4. The van der Waals surface area contributed by atoms with Crippen molar-refractivity contribution < 1.29 is 18.3 Å². The summed E-state index contributed by atoms with van der Waals surface area (Å²) in [7, 11) is 0. The van der Waals surface area contributed by atoms with Crippen molar-refractivity contribution in [2.24, 2.45) is 0 Å². The molecule has 7 nitrogen and oxygen atoms in total. The number of carbonyl (C=O) groups excluding carboxylic acids is 1. The van der Waals surface area contributed by atoms with Crippen LogP contribution in [0, 0.1) is 29.9 Å². The van der Waals surface area contributed by atoms with Gasteiger partial charge in [-0.05, 0) is 45.4 Å². The zero-order chi connectivity index (χ0) is 22.9. The molecule has 3 rings (SSSR count). The van der Waals surface area contributed by atoms with Gasteiger partial charge in [0.25, 0.3) is 0 Å². The molecule has 0 spiro atoms. The lowest BCUT2D eigenvalue weighted by molar-refractivity contribution is 0.0578. The van der Waals surface area contributed by atoms with Crippen LogP contribution in [0.5, 0.6) is 0 Å². The second-order valence-corrected chi connectivity index (χ2v) is 8.26. The molecule has 162 valence electrons. The molecule has 0 fully saturated rings. The van der Waals surface area contributed by atoms with Gasteiger partial charge >= 0.3 is 6.09 Å². The molecule has 0 aliphatic carbocycles. The van der Waals surface area contributed by atoms with Crippen LogP contribution < -0.4 is 4.90 Å². The molecule has 0 aliphatic rings. The third-order valence-electron chi connectivity index (χ3n) is 4.45. The van der Waals surface area contributed by atoms with E-state index in [-0.39, 0.29) is 35.3 Å². The van der Waals surface area contributed by atoms with E-state index >= 15 is 0 Å². The first-order valence-corrected chi connectivity index (χ1v) is 9.75. The van der Waals surface area contributed by atoms with Crippen LogP contribution in [0.4, 0.5) is 19.4 Å². The summed E-state index contributed by atoms with van der Waals surface area (Å²) in [5, 5.41) is 10.1. The third kappa shape index (κ3) is 4.75. The van der Waals surface area contributed by atoms with E-state index in [0.717, 1.165) is 6.07 Å². The van der Waals surface area contributed by atoms with Gasteiger partial charge in [0.05, 0.1) is 5.52 Å². The fraction of sp³-hybridized carbons (Fsp3) is 0.333. The molecule has 3 aromatic rings. The minimum Gasteiger partial charge on any atom is -0.443 e. The summed E-state index contributed by atoms with van der Waals surface area (Å²) in [5.74, 6) is -1.90. The number of rotatable bonds is 4. The summed E-state index contributed by atoms with van der Waals surface area (Å²) in [6.07, 6.45) is 0.485. The number of aryl methyl sites for hydroxylation is 1. The largest absolute Gasteiger partial charge is 0.443 e. The van der Waals surface area contributed by atoms with Crippen LogP contribution >= 0.6 is 11.6 Å². The maximum absolute atomic E-state index is 14.6. The van der Waals surface area contributed by atoms with Gasteiger partial charge in [0.15, 0.2) is 11.6 Å². The number of carbonyl (C=O) groups is 1. The molecular weight excluding hydrogens is 428 g/mol. The molecule has 0 saturated heterocycles. The van der Waals surface area contributed by atoms with Gasteiger partial charge in [-0.1, -0.05) is 11.6 Å². The number of aromatic nitrogens is 3. The van der Waals surface area contributed by atoms with Crippen molar-refractivity contribution >= 4 is 34.4 Å². The lowest BCUT2D eigenvalue weighted by Gasteiger charge is -2.27. The van der Waals surface area contributed by atoms with Crippen molar-refractivity contribution in [3.8, 4) is 6.07 Å². The van der Waals surface area contributed by atoms with Crippen molar-refractivity contribution in [2.75, 3.05) is 11.4 Å². The Labute approximate surface area is 182 Å². The van der Waals surface area contributed by atoms with Gasteiger partial charge in [-0.2, -0.15) is 5.26 Å². The fourth-order valence-corrected chi connectivity index (χ4v) is 3.28. The van der Waals surface area contributed by atoms with Gasteiger partial charge in [-0.3, -0.25) is 4.90 Å². The van der Waals surface area contributed by atoms with E-state index in [0.29, 0.717) is 10.9 Å². The maximum atomic E-state index is 14.6. The van der Waals surface area contributed by atoms with Crippen molar-refractivity contribution in [3.05, 3.63) is 52.6 Å². The van der Waals surface area contributed by atoms with Crippen molar-refractivity contribution in [1.29, 1.82) is 5.26 Å². The minimum absolute atomic E-state index is 0.0208. The third-order valence-corrected chi connectivity index (χ3v) is 4.66. The van der Waals surface area contributed by atoms with Crippen molar-refractivity contribution in [2.45, 2.75) is 39.8 Å². The first-order chi connectivity index (χ1) is 14.5. The van der Waals surface area contributed by atoms with Crippen LogP contribution in [0.2, 0.25) is 5.15 Å². The molecule has 0 unspecified atom stereocenters. The van der Waals surface area contributed by atoms with E-state index in [1.54, 1.807) is 27.7 Å². The Balaban J connectivity index is 2.03. The Morgan fingerprint density at radius 3 is 2.61 bits per heavy atom. The number of nitrogens with zero attached hydrogens (tertiary/aromatic N) is 5. The second-order valence-electron chi connectivity index (χ2n) is 7.88. The molecule has 31 heavy (non-hydrogen) atoms. The average Bonchev–Trinajstić information content (AvgIpc) is 3.04. The smallest absolute Gasteiger partial charge is 0.416 e. The summed E-state index contributed by atoms with van der Waals surface area (Å²) in [5.41, 5.74) is -0.196. The lowest BCUT2D eigenvalue weighted by atomic mass is 10.1. The number of hydrogen-bond donors (Lipinski definition) is 0. The SMILES string of the molecule is Cc1cc(F)c(F)c2c1cc(C#N)n2CCN(C(=O)OC(C)(C)C)c1cc(Cl)ncn1. The summed E-state index contributed by atoms with van der Waals surface area (Å²) >= 11 is 5.94. The number of fused-ring (bicyclic) bond motifs is 1. The van der Waals surface area contributed by atoms with Crippen LogP contribution in [0.15, 0.2) is 24.5 Å². The molecular formula is C21H20ClF2N5O2. The predicted molar refractivity (Wildman–Crippen MR) is 112 cm³/mol. The van der Waals surface area contributed by atoms with Crippen LogP contribution in [0.25, 0.3) is 10.9 Å². The summed E-state index contributed by atoms with van der Waals surface area (Å²) in [4.78, 5) is 21.9. The highest BCUT2D eigenvalue weighted by atomic mass is 35.5. The van der Waals surface area contributed by atoms with E-state index in [4.69, 9.17) is 16.3 Å². The van der Waals surface area contributed by atoms with Gasteiger partial charge in [0.1, 0.15) is 34.7 Å². The molecule has 0 atom stereocenters. The molecule has 0 N–H and O–H groups in total.